The summed E-state index contributed by atoms with van der Waals surface area (Å²) in [5.74, 6) is -0.468. The van der Waals surface area contributed by atoms with Gasteiger partial charge >= 0.3 is 5.97 Å². The molecule has 0 saturated carbocycles. The molecule has 0 aliphatic rings. The summed E-state index contributed by atoms with van der Waals surface area (Å²) in [4.78, 5) is 27.8. The van der Waals surface area contributed by atoms with Crippen molar-refractivity contribution in [3.8, 4) is 0 Å². The summed E-state index contributed by atoms with van der Waals surface area (Å²) in [7, 11) is 1.32. The van der Waals surface area contributed by atoms with E-state index in [9.17, 15) is 4.79 Å². The molecule has 0 atom stereocenters. The molecule has 0 radical (unpaired) electrons. The Balaban J connectivity index is 1.98. The van der Waals surface area contributed by atoms with Gasteiger partial charge in [0.05, 0.1) is 19.0 Å². The summed E-state index contributed by atoms with van der Waals surface area (Å²) >= 11 is 1.39. The number of aromatic nitrogens is 4. The Bertz CT molecular complexity index is 817. The highest BCUT2D eigenvalue weighted by Gasteiger charge is 2.13. The summed E-state index contributed by atoms with van der Waals surface area (Å²) in [6.07, 6.45) is 3.01. The van der Waals surface area contributed by atoms with E-state index in [0.717, 1.165) is 15.4 Å². The molecule has 2 heterocycles. The molecule has 0 spiro atoms. The van der Waals surface area contributed by atoms with Crippen LogP contribution in [0, 0.1) is 0 Å². The smallest absolute Gasteiger partial charge is 0.339 e. The summed E-state index contributed by atoms with van der Waals surface area (Å²) < 4.78 is 4.71. The fraction of sp³-hybridized carbons (Fsp3) is 0.0769. The monoisotopic (exact) mass is 301 g/mol. The van der Waals surface area contributed by atoms with Crippen molar-refractivity contribution in [1.82, 2.24) is 19.9 Å². The van der Waals surface area contributed by atoms with Gasteiger partial charge in [-0.1, -0.05) is 11.8 Å². The molecule has 0 bridgehead atoms. The molecule has 0 amide bonds. The fourth-order valence-electron chi connectivity index (χ4n) is 1.82. The highest BCUT2D eigenvalue weighted by atomic mass is 32.2. The zero-order valence-corrected chi connectivity index (χ0v) is 11.8. The highest BCUT2D eigenvalue weighted by Crippen LogP contribution is 2.31. The van der Waals surface area contributed by atoms with E-state index < -0.39 is 5.97 Å². The van der Waals surface area contributed by atoms with Crippen molar-refractivity contribution in [3.63, 3.8) is 0 Å². The predicted molar refractivity (Wildman–Crippen MR) is 78.0 cm³/mol. The van der Waals surface area contributed by atoms with Crippen molar-refractivity contribution >= 4 is 34.6 Å². The number of aromatic amines is 1. The first-order valence-electron chi connectivity index (χ1n) is 5.99. The first-order valence-corrected chi connectivity index (χ1v) is 6.80. The molecule has 7 nitrogen and oxygen atoms in total. The number of imidazole rings is 1. The maximum Gasteiger partial charge on any atom is 0.339 e. The van der Waals surface area contributed by atoms with Crippen LogP contribution in [0.4, 0.5) is 5.69 Å². The molecule has 0 unspecified atom stereocenters. The Hall–Kier alpha value is -2.61. The van der Waals surface area contributed by atoms with Crippen LogP contribution >= 0.6 is 11.8 Å². The number of nitrogens with one attached hydrogen (secondary N) is 1. The van der Waals surface area contributed by atoms with Crippen LogP contribution in [0.15, 0.2) is 40.8 Å². The summed E-state index contributed by atoms with van der Waals surface area (Å²) in [5, 5.41) is 0.720. The second-order valence-electron chi connectivity index (χ2n) is 4.12. The highest BCUT2D eigenvalue weighted by molar-refractivity contribution is 7.99. The minimum Gasteiger partial charge on any atom is -0.465 e. The number of hydrogen-bond donors (Lipinski definition) is 2. The first-order chi connectivity index (χ1) is 10.2. The van der Waals surface area contributed by atoms with Gasteiger partial charge in [-0.05, 0) is 18.2 Å². The minimum atomic E-state index is -0.468. The predicted octanol–water partition coefficient (Wildman–Crippen LogP) is 1.87. The van der Waals surface area contributed by atoms with Crippen LogP contribution in [0.1, 0.15) is 10.4 Å². The van der Waals surface area contributed by atoms with Gasteiger partial charge in [0.25, 0.3) is 0 Å². The minimum absolute atomic E-state index is 0.331. The average Bonchev–Trinajstić information content (AvgIpc) is 2.98. The number of nitrogens with two attached hydrogens (primary N) is 1. The lowest BCUT2D eigenvalue weighted by molar-refractivity contribution is 0.0601. The Morgan fingerprint density at radius 3 is 3.00 bits per heavy atom. The number of H-pyrrole nitrogens is 1. The van der Waals surface area contributed by atoms with Crippen LogP contribution in [0.25, 0.3) is 11.2 Å². The zero-order valence-electron chi connectivity index (χ0n) is 11.0. The molecule has 0 saturated heterocycles. The quantitative estimate of drug-likeness (QED) is 0.432. The molecule has 3 rings (SSSR count). The number of nitrogens with zero attached hydrogens (tertiary/aromatic N) is 3. The van der Waals surface area contributed by atoms with E-state index in [2.05, 4.69) is 19.9 Å². The van der Waals surface area contributed by atoms with Crippen LogP contribution in [-0.2, 0) is 4.74 Å². The molecule has 21 heavy (non-hydrogen) atoms. The third-order valence-corrected chi connectivity index (χ3v) is 3.83. The van der Waals surface area contributed by atoms with E-state index in [1.807, 2.05) is 6.07 Å². The largest absolute Gasteiger partial charge is 0.465 e. The third-order valence-electron chi connectivity index (χ3n) is 2.83. The Labute approximate surface area is 124 Å². The molecular weight excluding hydrogens is 290 g/mol. The third kappa shape index (κ3) is 2.52. The molecule has 0 aliphatic heterocycles. The van der Waals surface area contributed by atoms with Gasteiger partial charge in [-0.25, -0.2) is 19.7 Å². The van der Waals surface area contributed by atoms with Crippen LogP contribution < -0.4 is 5.73 Å². The van der Waals surface area contributed by atoms with Gasteiger partial charge in [0, 0.05) is 10.6 Å². The molecular formula is C13H11N5O2S. The van der Waals surface area contributed by atoms with Crippen LogP contribution in [0.5, 0.6) is 0 Å². The van der Waals surface area contributed by atoms with Crippen molar-refractivity contribution in [2.45, 2.75) is 9.92 Å². The molecule has 3 aromatic rings. The number of methoxy groups -OCH3 is 1. The Kier molecular flexibility index (Phi) is 3.44. The molecule has 8 heteroatoms. The van der Waals surface area contributed by atoms with Crippen molar-refractivity contribution in [2.75, 3.05) is 12.8 Å². The topological polar surface area (TPSA) is 107 Å². The molecule has 106 valence electrons. The summed E-state index contributed by atoms with van der Waals surface area (Å²) in [6, 6.07) is 5.16. The maximum absolute atomic E-state index is 11.7. The van der Waals surface area contributed by atoms with Gasteiger partial charge in [0.1, 0.15) is 16.9 Å². The number of hydrogen-bond acceptors (Lipinski definition) is 7. The van der Waals surface area contributed by atoms with E-state index >= 15 is 0 Å². The van der Waals surface area contributed by atoms with E-state index in [0.29, 0.717) is 16.9 Å². The molecule has 0 aliphatic carbocycles. The second-order valence-corrected chi connectivity index (χ2v) is 5.18. The van der Waals surface area contributed by atoms with E-state index in [1.165, 1.54) is 25.2 Å². The number of anilines is 1. The fourth-order valence-corrected chi connectivity index (χ4v) is 2.71. The number of ether oxygens (including phenoxy) is 1. The van der Waals surface area contributed by atoms with Crippen LogP contribution in [0.3, 0.4) is 0 Å². The van der Waals surface area contributed by atoms with Gasteiger partial charge in [-0.3, -0.25) is 0 Å². The standard InChI is InChI=1S/C13H11N5O2S/c1-20-13(19)8-4-7(2-3-9(8)14)21-12-10-11(16-5-15-10)17-6-18-12/h2-6H,14H2,1H3,(H,15,16,17,18). The Morgan fingerprint density at radius 2 is 2.19 bits per heavy atom. The maximum atomic E-state index is 11.7. The summed E-state index contributed by atoms with van der Waals surface area (Å²) in [6.45, 7) is 0. The average molecular weight is 301 g/mol. The van der Waals surface area contributed by atoms with Gasteiger partial charge in [-0.2, -0.15) is 0 Å². The van der Waals surface area contributed by atoms with Crippen molar-refractivity contribution < 1.29 is 9.53 Å². The van der Waals surface area contributed by atoms with Crippen molar-refractivity contribution in [2.24, 2.45) is 0 Å². The normalized spacial score (nSPS) is 10.7. The first kappa shape index (κ1) is 13.4. The SMILES string of the molecule is COC(=O)c1cc(Sc2ncnc3nc[nH]c23)ccc1N. The van der Waals surface area contributed by atoms with Crippen LogP contribution in [-0.4, -0.2) is 33.0 Å². The zero-order chi connectivity index (χ0) is 14.8. The number of benzene rings is 1. The molecule has 0 fully saturated rings. The van der Waals surface area contributed by atoms with Crippen LogP contribution in [0.2, 0.25) is 0 Å². The van der Waals surface area contributed by atoms with Gasteiger partial charge < -0.3 is 15.5 Å². The lowest BCUT2D eigenvalue weighted by Gasteiger charge is -2.06. The molecule has 2 aromatic heterocycles. The number of fused-ring (bicyclic) bond motifs is 1. The lowest BCUT2D eigenvalue weighted by Crippen LogP contribution is -2.05. The number of carbonyl (C=O) groups excluding carboxylic acids is 1. The number of nitrogen functional groups attached to an aromatic ring is 1. The molecule has 3 N–H and O–H groups in total. The second kappa shape index (κ2) is 5.41. The van der Waals surface area contributed by atoms with Gasteiger partial charge in [0.15, 0.2) is 5.65 Å². The van der Waals surface area contributed by atoms with Gasteiger partial charge in [-0.15, -0.1) is 0 Å². The number of carbonyl (C=O) groups is 1. The van der Waals surface area contributed by atoms with E-state index in [1.54, 1.807) is 18.5 Å². The van der Waals surface area contributed by atoms with E-state index in [4.69, 9.17) is 10.5 Å². The van der Waals surface area contributed by atoms with Crippen molar-refractivity contribution in [1.29, 1.82) is 0 Å². The summed E-state index contributed by atoms with van der Waals surface area (Å²) in [5.41, 5.74) is 7.83. The number of esters is 1. The lowest BCUT2D eigenvalue weighted by atomic mass is 10.2. The van der Waals surface area contributed by atoms with Gasteiger partial charge in [0.2, 0.25) is 0 Å². The van der Waals surface area contributed by atoms with Crippen molar-refractivity contribution in [3.05, 3.63) is 36.4 Å². The Morgan fingerprint density at radius 1 is 1.33 bits per heavy atom. The molecule has 1 aromatic carbocycles. The number of rotatable bonds is 3. The van der Waals surface area contributed by atoms with E-state index in [-0.39, 0.29) is 0 Å².